The van der Waals surface area contributed by atoms with Crippen molar-refractivity contribution >= 4 is 45.5 Å². The molecule has 4 aromatic rings. The fourth-order valence-electron chi connectivity index (χ4n) is 4.47. The minimum absolute atomic E-state index is 0.114. The number of nitrogens with two attached hydrogens (primary N) is 1. The lowest BCUT2D eigenvalue weighted by atomic mass is 10.0. The summed E-state index contributed by atoms with van der Waals surface area (Å²) in [4.78, 5) is 8.54. The molecule has 1 aliphatic rings. The van der Waals surface area contributed by atoms with Crippen molar-refractivity contribution in [3.8, 4) is 0 Å². The van der Waals surface area contributed by atoms with Crippen LogP contribution in [-0.4, -0.2) is 43.5 Å². The first kappa shape index (κ1) is 28.8. The summed E-state index contributed by atoms with van der Waals surface area (Å²) in [5.74, 6) is 0. The molecule has 1 unspecified atom stereocenters. The number of hydrogen-bond donors (Lipinski definition) is 3. The smallest absolute Gasteiger partial charge is 0.112 e. The predicted octanol–water partition coefficient (Wildman–Crippen LogP) is 6.82. The van der Waals surface area contributed by atoms with Crippen LogP contribution in [0.2, 0.25) is 0 Å². The number of thiazole rings is 1. The summed E-state index contributed by atoms with van der Waals surface area (Å²) < 4.78 is 10.3. The van der Waals surface area contributed by atoms with Crippen LogP contribution in [0.25, 0.3) is 15.9 Å². The lowest BCUT2D eigenvalue weighted by molar-refractivity contribution is 0.180. The molecule has 6 nitrogen and oxygen atoms in total. The van der Waals surface area contributed by atoms with E-state index in [-0.39, 0.29) is 6.04 Å². The highest BCUT2D eigenvalue weighted by molar-refractivity contribution is 7.97. The fourth-order valence-corrected chi connectivity index (χ4v) is 6.37. The van der Waals surface area contributed by atoms with Crippen LogP contribution in [0.3, 0.4) is 0 Å². The van der Waals surface area contributed by atoms with Crippen molar-refractivity contribution in [2.75, 3.05) is 27.3 Å². The molecule has 5 rings (SSSR count). The normalized spacial score (nSPS) is 12.9. The van der Waals surface area contributed by atoms with E-state index in [2.05, 4.69) is 102 Å². The third-order valence-corrected chi connectivity index (χ3v) is 8.45. The Morgan fingerprint density at radius 2 is 1.92 bits per heavy atom. The van der Waals surface area contributed by atoms with Crippen molar-refractivity contribution in [1.82, 2.24) is 14.6 Å². The zero-order valence-electron chi connectivity index (χ0n) is 22.8. The molecule has 0 amide bonds. The van der Waals surface area contributed by atoms with E-state index < -0.39 is 0 Å². The largest absolute Gasteiger partial charge is 0.390 e. The van der Waals surface area contributed by atoms with Gasteiger partial charge < -0.3 is 15.4 Å². The monoisotopic (exact) mass is 559 g/mol. The number of benzene rings is 3. The number of methoxy groups -OCH3 is 1. The number of likely N-dealkylation sites (N-methyl/N-ethyl adjacent to an activating group) is 1. The van der Waals surface area contributed by atoms with Crippen molar-refractivity contribution in [3.63, 3.8) is 0 Å². The molecule has 1 fully saturated rings. The number of aromatic nitrogens is 1. The summed E-state index contributed by atoms with van der Waals surface area (Å²) in [5, 5.41) is 6.99. The molecule has 0 radical (unpaired) electrons. The van der Waals surface area contributed by atoms with Gasteiger partial charge in [-0.1, -0.05) is 54.1 Å². The predicted molar refractivity (Wildman–Crippen MR) is 166 cm³/mol. The number of fused-ring (bicyclic) bond motifs is 1. The topological polar surface area (TPSA) is 87.3 Å². The summed E-state index contributed by atoms with van der Waals surface area (Å²) >= 11 is 3.48. The van der Waals surface area contributed by atoms with Crippen molar-refractivity contribution in [2.24, 2.45) is 5.73 Å². The number of hydrogen-bond acceptors (Lipinski definition) is 7. The maximum Gasteiger partial charge on any atom is 0.112 e. The maximum absolute atomic E-state index is 5.86. The molecule has 39 heavy (non-hydrogen) atoms. The molecule has 204 valence electrons. The molecule has 1 atom stereocenters. The minimum atomic E-state index is 0.114. The number of nitrogens with one attached hydrogen (secondary N) is 2. The van der Waals surface area contributed by atoms with Gasteiger partial charge in [-0.15, -0.1) is 11.3 Å². The first-order valence-electron chi connectivity index (χ1n) is 13.1. The van der Waals surface area contributed by atoms with E-state index in [1.54, 1.807) is 30.4 Å². The van der Waals surface area contributed by atoms with Crippen LogP contribution >= 0.6 is 23.3 Å². The molecule has 1 aromatic heterocycles. The van der Waals surface area contributed by atoms with E-state index in [0.717, 1.165) is 36.4 Å². The van der Waals surface area contributed by atoms with Crippen LogP contribution in [0.5, 0.6) is 0 Å². The molecule has 0 spiro atoms. The van der Waals surface area contributed by atoms with E-state index in [9.17, 15) is 0 Å². The van der Waals surface area contributed by atoms with Crippen molar-refractivity contribution < 1.29 is 4.74 Å². The highest BCUT2D eigenvalue weighted by Crippen LogP contribution is 2.39. The van der Waals surface area contributed by atoms with Gasteiger partial charge in [0.15, 0.2) is 0 Å². The second kappa shape index (κ2) is 14.3. The molecular weight excluding hydrogens is 523 g/mol. The highest BCUT2D eigenvalue weighted by Gasteiger charge is 2.22. The first-order valence-corrected chi connectivity index (χ1v) is 14.7. The molecule has 0 bridgehead atoms. The van der Waals surface area contributed by atoms with Gasteiger partial charge in [-0.3, -0.25) is 5.41 Å². The van der Waals surface area contributed by atoms with E-state index in [1.807, 2.05) is 0 Å². The van der Waals surface area contributed by atoms with Gasteiger partial charge in [0.25, 0.3) is 0 Å². The zero-order valence-corrected chi connectivity index (χ0v) is 24.4. The third kappa shape index (κ3) is 8.16. The summed E-state index contributed by atoms with van der Waals surface area (Å²) in [6.07, 6.45) is 4.03. The second-order valence-electron chi connectivity index (χ2n) is 9.55. The molecule has 3 aromatic carbocycles. The van der Waals surface area contributed by atoms with E-state index in [4.69, 9.17) is 15.1 Å². The number of allylic oxidation sites excluding steroid dienone is 1. The summed E-state index contributed by atoms with van der Waals surface area (Å²) in [6.45, 7) is 3.77. The number of nitrogens with zero attached hydrogens (tertiary/aromatic N) is 2. The molecule has 1 aliphatic carbocycles. The summed E-state index contributed by atoms with van der Waals surface area (Å²) in [6, 6.07) is 26.2. The Kier molecular flexibility index (Phi) is 10.6. The highest BCUT2D eigenvalue weighted by atomic mass is 32.2. The first-order chi connectivity index (χ1) is 19.0. The SMILES string of the molecule is COCCN(C)C(=C1CC1)c1cccc(SNC(Cc2cccc(C)c2)c2nc3ccccc3s2)c1.N=CN. The Hall–Kier alpha value is -3.17. The van der Waals surface area contributed by atoms with E-state index >= 15 is 0 Å². The Balaban J connectivity index is 0.00000112. The van der Waals surface area contributed by atoms with Crippen molar-refractivity contribution in [3.05, 3.63) is 100 Å². The standard InChI is InChI=1S/C30H33N3OS2.CH4N2/c1-21-8-6-9-22(18-21)19-27(30-31-26-12-4-5-13-28(26)35-30)32-36-25-11-7-10-24(20-25)29(23-14-15-23)33(2)16-17-34-3;2-1-3/h4-13,18,20,27,32H,14-17,19H2,1-3H3;1H,(H3,2,3). The maximum atomic E-state index is 5.86. The number of aryl methyl sites for hydroxylation is 1. The average molecular weight is 560 g/mol. The van der Waals surface area contributed by atoms with Gasteiger partial charge in [0, 0.05) is 31.3 Å². The third-order valence-electron chi connectivity index (χ3n) is 6.40. The molecular formula is C31H37N5OS2. The van der Waals surface area contributed by atoms with Crippen LogP contribution in [0.4, 0.5) is 0 Å². The van der Waals surface area contributed by atoms with Gasteiger partial charge in [0.1, 0.15) is 5.01 Å². The Labute approximate surface area is 239 Å². The zero-order chi connectivity index (χ0) is 27.6. The second-order valence-corrected chi connectivity index (χ2v) is 11.5. The van der Waals surface area contributed by atoms with Crippen molar-refractivity contribution in [2.45, 2.75) is 37.1 Å². The molecule has 1 saturated carbocycles. The van der Waals surface area contributed by atoms with Crippen molar-refractivity contribution in [1.29, 1.82) is 5.41 Å². The Morgan fingerprint density at radius 3 is 2.64 bits per heavy atom. The average Bonchev–Trinajstić information content (AvgIpc) is 3.67. The summed E-state index contributed by atoms with van der Waals surface area (Å²) in [5.41, 5.74) is 12.2. The van der Waals surface area contributed by atoms with Gasteiger partial charge in [-0.2, -0.15) is 0 Å². The molecule has 0 saturated heterocycles. The van der Waals surface area contributed by atoms with Gasteiger partial charge in [0.2, 0.25) is 0 Å². The molecule has 4 N–H and O–H groups in total. The number of ether oxygens (including phenoxy) is 1. The summed E-state index contributed by atoms with van der Waals surface area (Å²) in [7, 11) is 3.93. The quantitative estimate of drug-likeness (QED) is 0.106. The minimum Gasteiger partial charge on any atom is -0.390 e. The van der Waals surface area contributed by atoms with Gasteiger partial charge in [0.05, 0.1) is 29.2 Å². The molecule has 1 heterocycles. The molecule has 8 heteroatoms. The van der Waals surface area contributed by atoms with Gasteiger partial charge in [-0.25, -0.2) is 9.71 Å². The van der Waals surface area contributed by atoms with E-state index in [0.29, 0.717) is 0 Å². The van der Waals surface area contributed by atoms with Crippen LogP contribution < -0.4 is 10.5 Å². The van der Waals surface area contributed by atoms with Gasteiger partial charge in [-0.05, 0) is 79.1 Å². The number of rotatable bonds is 11. The molecule has 0 aliphatic heterocycles. The van der Waals surface area contributed by atoms with Gasteiger partial charge >= 0.3 is 0 Å². The van der Waals surface area contributed by atoms with Crippen LogP contribution in [0.15, 0.2) is 83.3 Å². The Morgan fingerprint density at radius 1 is 1.15 bits per heavy atom. The van der Waals surface area contributed by atoms with E-state index in [1.165, 1.54) is 50.4 Å². The Bertz CT molecular complexity index is 1380. The lowest BCUT2D eigenvalue weighted by Crippen LogP contribution is -2.21. The number of para-hydroxylation sites is 1. The van der Waals surface area contributed by atoms with Crippen LogP contribution in [0.1, 0.15) is 40.6 Å². The lowest BCUT2D eigenvalue weighted by Gasteiger charge is -2.23. The fraction of sp³-hybridized carbons (Fsp3) is 0.290. The van der Waals surface area contributed by atoms with Crippen LogP contribution in [0, 0.1) is 12.3 Å². The van der Waals surface area contributed by atoms with Crippen LogP contribution in [-0.2, 0) is 11.2 Å².